The van der Waals surface area contributed by atoms with Crippen molar-refractivity contribution in [3.63, 3.8) is 0 Å². The lowest BCUT2D eigenvalue weighted by Gasteiger charge is -2.27. The molecule has 0 radical (unpaired) electrons. The van der Waals surface area contributed by atoms with E-state index in [2.05, 4.69) is 123 Å². The van der Waals surface area contributed by atoms with Gasteiger partial charge in [0.1, 0.15) is 19.3 Å². The van der Waals surface area contributed by atoms with Crippen molar-refractivity contribution < 1.29 is 37.3 Å². The van der Waals surface area contributed by atoms with Gasteiger partial charge in [-0.1, -0.05) is 246 Å². The quantitative estimate of drug-likeness (QED) is 0.0205. The number of esters is 1. The molecule has 0 bridgehead atoms. The summed E-state index contributed by atoms with van der Waals surface area (Å²) in [4.78, 5) is 37.8. The zero-order chi connectivity index (χ0) is 57.9. The van der Waals surface area contributed by atoms with E-state index < -0.39 is 20.0 Å². The number of nitrogens with zero attached hydrogens (tertiary/aromatic N) is 1. The van der Waals surface area contributed by atoms with Gasteiger partial charge in [-0.05, 0) is 115 Å². The summed E-state index contributed by atoms with van der Waals surface area (Å²) in [6.45, 7) is 6.84. The molecule has 0 heterocycles. The van der Waals surface area contributed by atoms with Crippen molar-refractivity contribution in [2.45, 2.75) is 277 Å². The molecule has 79 heavy (non-hydrogen) atoms. The number of quaternary nitrogens is 1. The first kappa shape index (κ1) is 75.7. The second kappa shape index (κ2) is 57.9. The highest BCUT2D eigenvalue weighted by Gasteiger charge is 2.30. The van der Waals surface area contributed by atoms with Gasteiger partial charge in [-0.2, -0.15) is 0 Å². The van der Waals surface area contributed by atoms with Gasteiger partial charge in [0.25, 0.3) is 0 Å². The van der Waals surface area contributed by atoms with E-state index >= 15 is 0 Å². The first-order chi connectivity index (χ1) is 38.4. The number of hydrogen-bond donors (Lipinski definition) is 2. The first-order valence-electron chi connectivity index (χ1n) is 32.2. The zero-order valence-electron chi connectivity index (χ0n) is 51.8. The van der Waals surface area contributed by atoms with E-state index in [4.69, 9.17) is 13.8 Å². The van der Waals surface area contributed by atoms with Crippen LogP contribution in [0.3, 0.4) is 0 Å². The average molecular weight is 1120 g/mol. The summed E-state index contributed by atoms with van der Waals surface area (Å²) in [5.74, 6) is -0.537. The van der Waals surface area contributed by atoms with Crippen LogP contribution in [0.1, 0.15) is 265 Å². The molecule has 3 atom stereocenters. The molecule has 0 fully saturated rings. The molecule has 0 aliphatic rings. The average Bonchev–Trinajstić information content (AvgIpc) is 3.41. The fourth-order valence-electron chi connectivity index (χ4n) is 8.74. The number of hydrogen-bond acceptors (Lipinski definition) is 6. The maximum absolute atomic E-state index is 13.6. The van der Waals surface area contributed by atoms with Gasteiger partial charge in [0.2, 0.25) is 5.91 Å². The Bertz CT molecular complexity index is 1720. The van der Waals surface area contributed by atoms with Crippen LogP contribution in [-0.4, -0.2) is 74.3 Å². The molecule has 3 unspecified atom stereocenters. The van der Waals surface area contributed by atoms with Crippen molar-refractivity contribution in [1.82, 2.24) is 5.32 Å². The molecule has 0 rings (SSSR count). The minimum absolute atomic E-state index is 0.0301. The number of unbranched alkanes of at least 4 members (excludes halogenated alkanes) is 25. The van der Waals surface area contributed by atoms with Gasteiger partial charge < -0.3 is 19.4 Å². The number of ether oxygens (including phenoxy) is 1. The van der Waals surface area contributed by atoms with Crippen LogP contribution < -0.4 is 5.32 Å². The van der Waals surface area contributed by atoms with Gasteiger partial charge in [0, 0.05) is 12.8 Å². The van der Waals surface area contributed by atoms with E-state index in [1.807, 2.05) is 33.3 Å². The van der Waals surface area contributed by atoms with E-state index in [0.717, 1.165) is 141 Å². The number of nitrogens with one attached hydrogen (secondary N) is 1. The topological polar surface area (TPSA) is 111 Å². The minimum Gasteiger partial charge on any atom is -0.456 e. The van der Waals surface area contributed by atoms with Crippen LogP contribution in [-0.2, 0) is 27.9 Å². The molecule has 1 amide bonds. The standard InChI is InChI=1S/C69H121N2O7P/c1-7-10-13-16-19-22-25-27-29-31-33-34-35-36-38-40-42-44-47-50-53-56-59-62-69(73)78-67(60-57-54-51-48-45-24-21-18-15-12-9-3)66(65-77-79(74,75)76-64-63-71(4,5)6)70-68(72)61-58-55-52-49-46-43-41-39-37-32-30-28-26-23-20-17-14-11-8-2/h10,13,19-20,22-23,27-30,33-34,36-39,57,60,66-67H,7-9,11-12,14-18,21,24-26,31-32,35,40-56,58-59,61-65H2,1-6H3,(H-,70,72,74,75)/p+1/b13-10-,22-19-,23-20-,29-27-,30-28-,34-33-,38-36-,39-37-,60-57+. The summed E-state index contributed by atoms with van der Waals surface area (Å²) in [7, 11) is 1.47. The van der Waals surface area contributed by atoms with Crippen LogP contribution in [0, 0.1) is 0 Å². The largest absolute Gasteiger partial charge is 0.472 e. The highest BCUT2D eigenvalue weighted by molar-refractivity contribution is 7.47. The predicted molar refractivity (Wildman–Crippen MR) is 341 cm³/mol. The van der Waals surface area contributed by atoms with Gasteiger partial charge in [-0.15, -0.1) is 0 Å². The molecule has 0 saturated heterocycles. The van der Waals surface area contributed by atoms with E-state index in [1.165, 1.54) is 89.9 Å². The number of likely N-dealkylation sites (N-methyl/N-ethyl adjacent to an activating group) is 1. The van der Waals surface area contributed by atoms with Crippen molar-refractivity contribution in [2.24, 2.45) is 0 Å². The predicted octanol–water partition coefficient (Wildman–Crippen LogP) is 20.1. The Balaban J connectivity index is 5.22. The smallest absolute Gasteiger partial charge is 0.456 e. The number of carbonyl (C=O) groups is 2. The molecular formula is C69H122N2O7P+. The van der Waals surface area contributed by atoms with Gasteiger partial charge in [0.05, 0.1) is 33.8 Å². The van der Waals surface area contributed by atoms with Crippen molar-refractivity contribution in [3.8, 4) is 0 Å². The van der Waals surface area contributed by atoms with Gasteiger partial charge in [-0.25, -0.2) is 4.57 Å². The lowest BCUT2D eigenvalue weighted by atomic mass is 10.1. The number of phosphoric acid groups is 1. The van der Waals surface area contributed by atoms with Crippen molar-refractivity contribution in [1.29, 1.82) is 0 Å². The third kappa shape index (κ3) is 59.1. The lowest BCUT2D eigenvalue weighted by Crippen LogP contribution is -2.47. The van der Waals surface area contributed by atoms with Gasteiger partial charge in [0.15, 0.2) is 0 Å². The van der Waals surface area contributed by atoms with E-state index in [9.17, 15) is 19.0 Å². The molecule has 9 nitrogen and oxygen atoms in total. The Morgan fingerprint density at radius 3 is 1.24 bits per heavy atom. The molecule has 2 N–H and O–H groups in total. The fourth-order valence-corrected chi connectivity index (χ4v) is 9.47. The number of allylic oxidation sites excluding steroid dienone is 17. The van der Waals surface area contributed by atoms with E-state index in [-0.39, 0.29) is 31.5 Å². The van der Waals surface area contributed by atoms with Crippen LogP contribution in [0.4, 0.5) is 0 Å². The summed E-state index contributed by atoms with van der Waals surface area (Å²) in [6.07, 6.45) is 79.4. The summed E-state index contributed by atoms with van der Waals surface area (Å²) in [5.41, 5.74) is 0. The summed E-state index contributed by atoms with van der Waals surface area (Å²) >= 11 is 0. The number of amides is 1. The lowest BCUT2D eigenvalue weighted by molar-refractivity contribution is -0.870. The molecule has 0 aromatic heterocycles. The highest BCUT2D eigenvalue weighted by Crippen LogP contribution is 2.43. The maximum Gasteiger partial charge on any atom is 0.472 e. The summed E-state index contributed by atoms with van der Waals surface area (Å²) in [6, 6.07) is -0.867. The minimum atomic E-state index is -4.46. The maximum atomic E-state index is 13.6. The van der Waals surface area contributed by atoms with Crippen molar-refractivity contribution >= 4 is 19.7 Å². The molecular weight excluding hydrogens is 1000 g/mol. The molecule has 454 valence electrons. The zero-order valence-corrected chi connectivity index (χ0v) is 52.7. The molecule has 10 heteroatoms. The molecule has 0 aliphatic carbocycles. The number of carbonyl (C=O) groups excluding carboxylic acids is 2. The number of rotatable bonds is 57. The van der Waals surface area contributed by atoms with Crippen molar-refractivity contribution in [3.05, 3.63) is 109 Å². The van der Waals surface area contributed by atoms with Gasteiger partial charge >= 0.3 is 13.8 Å². The Labute approximate surface area is 487 Å². The third-order valence-electron chi connectivity index (χ3n) is 13.7. The second-order valence-electron chi connectivity index (χ2n) is 22.5. The van der Waals surface area contributed by atoms with Crippen LogP contribution in [0.15, 0.2) is 109 Å². The van der Waals surface area contributed by atoms with Crippen LogP contribution in [0.5, 0.6) is 0 Å². The van der Waals surface area contributed by atoms with Crippen LogP contribution >= 0.6 is 7.82 Å². The summed E-state index contributed by atoms with van der Waals surface area (Å²) < 4.78 is 30.7. The monoisotopic (exact) mass is 1120 g/mol. The SMILES string of the molecule is CC/C=C\C/C=C\C/C=C\C/C=C\C/C=C\CCCCCCCCCC(=O)OC(/C=C/CCCCCCCCCCC)C(COP(=O)(O)OCC[N+](C)(C)C)NC(=O)CCCCCCCC/C=C\C/C=C\C/C=C\CCCCC. The number of phosphoric ester groups is 1. The van der Waals surface area contributed by atoms with Crippen molar-refractivity contribution in [2.75, 3.05) is 40.9 Å². The molecule has 0 aromatic carbocycles. The second-order valence-corrected chi connectivity index (χ2v) is 24.0. The fraction of sp³-hybridized carbons (Fsp3) is 0.710. The Morgan fingerprint density at radius 2 is 0.810 bits per heavy atom. The Hall–Kier alpha value is -3.33. The van der Waals surface area contributed by atoms with Gasteiger partial charge in [-0.3, -0.25) is 18.6 Å². The van der Waals surface area contributed by atoms with Crippen LogP contribution in [0.2, 0.25) is 0 Å². The van der Waals surface area contributed by atoms with E-state index in [0.29, 0.717) is 17.4 Å². The first-order valence-corrected chi connectivity index (χ1v) is 33.7. The molecule has 0 spiro atoms. The highest BCUT2D eigenvalue weighted by atomic mass is 31.2. The third-order valence-corrected chi connectivity index (χ3v) is 14.7. The Kier molecular flexibility index (Phi) is 55.4. The molecule has 0 aromatic rings. The normalized spacial score (nSPS) is 14.4. The van der Waals surface area contributed by atoms with Crippen LogP contribution in [0.25, 0.3) is 0 Å². The summed E-state index contributed by atoms with van der Waals surface area (Å²) in [5, 5.41) is 3.05. The Morgan fingerprint density at radius 1 is 0.456 bits per heavy atom. The van der Waals surface area contributed by atoms with E-state index in [1.54, 1.807) is 0 Å². The molecule has 0 saturated carbocycles. The molecule has 0 aliphatic heterocycles.